The molecule has 3 aromatic rings. The second-order valence-corrected chi connectivity index (χ2v) is 7.09. The third kappa shape index (κ3) is 3.82. The van der Waals surface area contributed by atoms with Crippen molar-refractivity contribution in [2.24, 2.45) is 0 Å². The molecule has 0 saturated heterocycles. The predicted molar refractivity (Wildman–Crippen MR) is 104 cm³/mol. The van der Waals surface area contributed by atoms with Gasteiger partial charge in [0.1, 0.15) is 0 Å². The minimum Gasteiger partial charge on any atom is -0.299 e. The summed E-state index contributed by atoms with van der Waals surface area (Å²) in [5.41, 5.74) is 4.19. The van der Waals surface area contributed by atoms with Gasteiger partial charge in [-0.05, 0) is 42.6 Å². The van der Waals surface area contributed by atoms with Gasteiger partial charge in [-0.15, -0.1) is 28.3 Å². The highest BCUT2D eigenvalue weighted by Crippen LogP contribution is 2.23. The van der Waals surface area contributed by atoms with Gasteiger partial charge in [-0.1, -0.05) is 36.4 Å². The average molecular weight is 389 g/mol. The smallest absolute Gasteiger partial charge is 0.0939 e. The van der Waals surface area contributed by atoms with Gasteiger partial charge >= 0.3 is 0 Å². The first kappa shape index (κ1) is 16.6. The number of para-hydroxylation sites is 1. The Morgan fingerprint density at radius 2 is 1.78 bits per heavy atom. The molecular formula is C19H21BrN2S. The zero-order valence-corrected chi connectivity index (χ0v) is 15.6. The lowest BCUT2D eigenvalue weighted by Crippen LogP contribution is -2.31. The van der Waals surface area contributed by atoms with Gasteiger partial charge in [-0.3, -0.25) is 4.90 Å². The molecule has 1 aromatic heterocycles. The van der Waals surface area contributed by atoms with Crippen LogP contribution in [0.15, 0.2) is 48.5 Å². The summed E-state index contributed by atoms with van der Waals surface area (Å²) in [5, 5.41) is 1.28. The molecule has 0 saturated carbocycles. The number of thiazole rings is 1. The Balaban J connectivity index is 0.00000156. The fourth-order valence-electron chi connectivity index (χ4n) is 3.23. The van der Waals surface area contributed by atoms with Gasteiger partial charge in [0.25, 0.3) is 0 Å². The normalized spacial score (nSPS) is 14.4. The van der Waals surface area contributed by atoms with Crippen LogP contribution in [-0.4, -0.2) is 23.0 Å². The summed E-state index contributed by atoms with van der Waals surface area (Å²) < 4.78 is 1.31. The lowest BCUT2D eigenvalue weighted by molar-refractivity contribution is 0.251. The number of nitrogens with zero attached hydrogens (tertiary/aromatic N) is 2. The van der Waals surface area contributed by atoms with Crippen LogP contribution in [0.5, 0.6) is 0 Å². The van der Waals surface area contributed by atoms with Crippen LogP contribution in [-0.2, 0) is 19.4 Å². The number of hydrogen-bond donors (Lipinski definition) is 0. The van der Waals surface area contributed by atoms with Gasteiger partial charge in [-0.2, -0.15) is 0 Å². The fraction of sp³-hybridized carbons (Fsp3) is 0.316. The topological polar surface area (TPSA) is 16.1 Å². The molecule has 1 aliphatic rings. The first-order valence-electron chi connectivity index (χ1n) is 8.02. The van der Waals surface area contributed by atoms with Gasteiger partial charge in [0, 0.05) is 19.5 Å². The zero-order chi connectivity index (χ0) is 14.8. The van der Waals surface area contributed by atoms with Gasteiger partial charge in [0.05, 0.1) is 15.2 Å². The van der Waals surface area contributed by atoms with E-state index < -0.39 is 0 Å². The van der Waals surface area contributed by atoms with Crippen LogP contribution >= 0.6 is 28.3 Å². The summed E-state index contributed by atoms with van der Waals surface area (Å²) in [7, 11) is 0. The molecule has 0 atom stereocenters. The number of benzene rings is 2. The average Bonchev–Trinajstić information content (AvgIpc) is 2.97. The minimum absolute atomic E-state index is 0. The number of rotatable bonds is 4. The molecule has 2 aromatic carbocycles. The van der Waals surface area contributed by atoms with E-state index in [0.717, 1.165) is 18.5 Å². The van der Waals surface area contributed by atoms with Gasteiger partial charge in [0.15, 0.2) is 0 Å². The van der Waals surface area contributed by atoms with Crippen molar-refractivity contribution in [3.05, 3.63) is 64.7 Å². The van der Waals surface area contributed by atoms with E-state index in [0.29, 0.717) is 0 Å². The fourth-order valence-corrected chi connectivity index (χ4v) is 4.23. The second kappa shape index (κ2) is 7.56. The van der Waals surface area contributed by atoms with Crippen molar-refractivity contribution >= 4 is 38.5 Å². The first-order chi connectivity index (χ1) is 10.9. The molecule has 120 valence electrons. The summed E-state index contributed by atoms with van der Waals surface area (Å²) in [4.78, 5) is 7.31. The number of hydrogen-bond acceptors (Lipinski definition) is 3. The highest BCUT2D eigenvalue weighted by Gasteiger charge is 2.15. The van der Waals surface area contributed by atoms with Crippen LogP contribution in [0.25, 0.3) is 10.2 Å². The highest BCUT2D eigenvalue weighted by atomic mass is 79.9. The van der Waals surface area contributed by atoms with Crippen LogP contribution in [0, 0.1) is 0 Å². The molecule has 0 radical (unpaired) electrons. The number of fused-ring (bicyclic) bond motifs is 2. The number of halogens is 1. The Morgan fingerprint density at radius 1 is 1.00 bits per heavy atom. The van der Waals surface area contributed by atoms with Crippen LogP contribution in [0.1, 0.15) is 22.6 Å². The van der Waals surface area contributed by atoms with Crippen molar-refractivity contribution in [1.82, 2.24) is 9.88 Å². The van der Waals surface area contributed by atoms with E-state index in [1.165, 1.54) is 46.8 Å². The van der Waals surface area contributed by atoms with E-state index in [9.17, 15) is 0 Å². The SMILES string of the molecule is Br.c1ccc2c(c1)CCN(CCCc1nc3ccccc3s1)C2. The summed E-state index contributed by atoms with van der Waals surface area (Å²) in [5.74, 6) is 0. The molecule has 0 N–H and O–H groups in total. The van der Waals surface area contributed by atoms with E-state index in [2.05, 4.69) is 53.4 Å². The second-order valence-electron chi connectivity index (χ2n) is 5.97. The quantitative estimate of drug-likeness (QED) is 0.633. The number of aromatic nitrogens is 1. The van der Waals surface area contributed by atoms with Gasteiger partial charge < -0.3 is 0 Å². The molecule has 0 unspecified atom stereocenters. The molecule has 0 aliphatic carbocycles. The van der Waals surface area contributed by atoms with E-state index in [1.807, 2.05) is 11.3 Å². The lowest BCUT2D eigenvalue weighted by Gasteiger charge is -2.28. The Bertz CT molecular complexity index is 751. The predicted octanol–water partition coefficient (Wildman–Crippen LogP) is 4.87. The molecule has 23 heavy (non-hydrogen) atoms. The Kier molecular flexibility index (Phi) is 5.46. The van der Waals surface area contributed by atoms with E-state index >= 15 is 0 Å². The molecule has 0 fully saturated rings. The summed E-state index contributed by atoms with van der Waals surface area (Å²) in [6, 6.07) is 17.3. The molecule has 2 nitrogen and oxygen atoms in total. The minimum atomic E-state index is 0. The van der Waals surface area contributed by atoms with E-state index in [4.69, 9.17) is 4.98 Å². The maximum atomic E-state index is 4.73. The number of aryl methyl sites for hydroxylation is 1. The van der Waals surface area contributed by atoms with E-state index in [-0.39, 0.29) is 17.0 Å². The largest absolute Gasteiger partial charge is 0.299 e. The molecule has 0 amide bonds. The Labute approximate surface area is 151 Å². The molecule has 1 aliphatic heterocycles. The third-order valence-corrected chi connectivity index (χ3v) is 5.51. The van der Waals surface area contributed by atoms with Crippen molar-refractivity contribution < 1.29 is 0 Å². The Hall–Kier alpha value is -1.23. The van der Waals surface area contributed by atoms with Crippen LogP contribution < -0.4 is 0 Å². The monoisotopic (exact) mass is 388 g/mol. The summed E-state index contributed by atoms with van der Waals surface area (Å²) in [6.07, 6.45) is 3.48. The maximum absolute atomic E-state index is 4.73. The van der Waals surface area contributed by atoms with Crippen LogP contribution in [0.3, 0.4) is 0 Å². The van der Waals surface area contributed by atoms with Crippen molar-refractivity contribution in [2.45, 2.75) is 25.8 Å². The molecule has 0 bridgehead atoms. The molecule has 0 spiro atoms. The molecule has 4 rings (SSSR count). The van der Waals surface area contributed by atoms with Crippen molar-refractivity contribution in [2.75, 3.05) is 13.1 Å². The van der Waals surface area contributed by atoms with Crippen LogP contribution in [0.4, 0.5) is 0 Å². The third-order valence-electron chi connectivity index (χ3n) is 4.41. The maximum Gasteiger partial charge on any atom is 0.0939 e. The van der Waals surface area contributed by atoms with Crippen molar-refractivity contribution in [3.63, 3.8) is 0 Å². The van der Waals surface area contributed by atoms with E-state index in [1.54, 1.807) is 0 Å². The standard InChI is InChI=1S/C19H20N2S.BrH/c1-2-7-16-14-21(13-11-15(16)6-1)12-5-10-19-20-17-8-3-4-9-18(17)22-19;/h1-4,6-9H,5,10-14H2;1H. The molecule has 2 heterocycles. The first-order valence-corrected chi connectivity index (χ1v) is 8.84. The lowest BCUT2D eigenvalue weighted by atomic mass is 10.00. The highest BCUT2D eigenvalue weighted by molar-refractivity contribution is 8.93. The summed E-state index contributed by atoms with van der Waals surface area (Å²) in [6.45, 7) is 3.47. The Morgan fingerprint density at radius 3 is 2.65 bits per heavy atom. The van der Waals surface area contributed by atoms with Crippen molar-refractivity contribution in [3.8, 4) is 0 Å². The van der Waals surface area contributed by atoms with Gasteiger partial charge in [0.2, 0.25) is 0 Å². The molecular weight excluding hydrogens is 368 g/mol. The summed E-state index contributed by atoms with van der Waals surface area (Å²) >= 11 is 1.84. The van der Waals surface area contributed by atoms with Crippen molar-refractivity contribution in [1.29, 1.82) is 0 Å². The zero-order valence-electron chi connectivity index (χ0n) is 13.1. The molecule has 4 heteroatoms. The van der Waals surface area contributed by atoms with Crippen LogP contribution in [0.2, 0.25) is 0 Å². The van der Waals surface area contributed by atoms with Gasteiger partial charge in [-0.25, -0.2) is 4.98 Å².